The summed E-state index contributed by atoms with van der Waals surface area (Å²) in [4.78, 5) is 21.9. The third kappa shape index (κ3) is 3.42. The number of carbonyl (C=O) groups is 2. The molecule has 5 heteroatoms. The number of aliphatic carboxylic acids is 1. The Labute approximate surface area is 88.8 Å². The summed E-state index contributed by atoms with van der Waals surface area (Å²) in [7, 11) is 0. The number of amides is 1. The van der Waals surface area contributed by atoms with Gasteiger partial charge in [0.05, 0.1) is 18.1 Å². The lowest BCUT2D eigenvalue weighted by molar-refractivity contribution is -0.139. The van der Waals surface area contributed by atoms with Crippen LogP contribution in [-0.4, -0.2) is 28.8 Å². The quantitative estimate of drug-likeness (QED) is 0.745. The summed E-state index contributed by atoms with van der Waals surface area (Å²) in [6.07, 6.45) is 1.65. The molecule has 1 aliphatic carbocycles. The number of carboxylic acids is 1. The van der Waals surface area contributed by atoms with E-state index in [4.69, 9.17) is 9.84 Å². The maximum atomic E-state index is 11.3. The largest absolute Gasteiger partial charge is 0.481 e. The average molecular weight is 215 g/mol. The summed E-state index contributed by atoms with van der Waals surface area (Å²) in [6.45, 7) is 3.51. The molecule has 1 aliphatic rings. The van der Waals surface area contributed by atoms with Crippen LogP contribution in [0.4, 0.5) is 4.79 Å². The summed E-state index contributed by atoms with van der Waals surface area (Å²) >= 11 is 0. The molecule has 0 saturated heterocycles. The minimum absolute atomic E-state index is 0.0276. The highest BCUT2D eigenvalue weighted by Gasteiger charge is 2.40. The molecule has 1 rings (SSSR count). The Morgan fingerprint density at radius 2 is 2.07 bits per heavy atom. The van der Waals surface area contributed by atoms with Crippen LogP contribution >= 0.6 is 0 Å². The van der Waals surface area contributed by atoms with Gasteiger partial charge in [-0.05, 0) is 33.1 Å². The molecule has 0 aromatic rings. The van der Waals surface area contributed by atoms with E-state index in [1.165, 1.54) is 0 Å². The van der Waals surface area contributed by atoms with Crippen LogP contribution in [0.2, 0.25) is 0 Å². The molecular weight excluding hydrogens is 198 g/mol. The van der Waals surface area contributed by atoms with Crippen molar-refractivity contribution in [3.8, 4) is 0 Å². The Kier molecular flexibility index (Phi) is 3.55. The molecule has 0 unspecified atom stereocenters. The van der Waals surface area contributed by atoms with Crippen molar-refractivity contribution in [3.05, 3.63) is 0 Å². The van der Waals surface area contributed by atoms with Crippen molar-refractivity contribution >= 4 is 12.1 Å². The highest BCUT2D eigenvalue weighted by atomic mass is 16.6. The van der Waals surface area contributed by atoms with E-state index in [1.807, 2.05) is 0 Å². The summed E-state index contributed by atoms with van der Waals surface area (Å²) in [5.74, 6) is -0.889. The minimum atomic E-state index is -0.889. The van der Waals surface area contributed by atoms with Gasteiger partial charge in [0.15, 0.2) is 0 Å². The number of carboxylic acid groups (broad SMARTS) is 1. The van der Waals surface area contributed by atoms with E-state index in [0.29, 0.717) is 12.8 Å². The van der Waals surface area contributed by atoms with E-state index in [-0.39, 0.29) is 12.5 Å². The smallest absolute Gasteiger partial charge is 0.407 e. The molecule has 0 aromatic heterocycles. The molecule has 2 N–H and O–H groups in total. The van der Waals surface area contributed by atoms with Gasteiger partial charge in [0, 0.05) is 0 Å². The van der Waals surface area contributed by atoms with E-state index in [0.717, 1.165) is 6.42 Å². The molecule has 0 aliphatic heterocycles. The van der Waals surface area contributed by atoms with Gasteiger partial charge >= 0.3 is 12.1 Å². The minimum Gasteiger partial charge on any atom is -0.481 e. The molecule has 0 heterocycles. The van der Waals surface area contributed by atoms with Crippen LogP contribution in [0.1, 0.15) is 39.5 Å². The topological polar surface area (TPSA) is 75.6 Å². The zero-order chi connectivity index (χ0) is 11.5. The van der Waals surface area contributed by atoms with Gasteiger partial charge in [0.25, 0.3) is 0 Å². The molecule has 0 atom stereocenters. The summed E-state index contributed by atoms with van der Waals surface area (Å²) in [5.41, 5.74) is -0.572. The molecule has 0 radical (unpaired) electrons. The maximum Gasteiger partial charge on any atom is 0.407 e. The lowest BCUT2D eigenvalue weighted by Gasteiger charge is -2.41. The van der Waals surface area contributed by atoms with E-state index in [1.54, 1.807) is 13.8 Å². The monoisotopic (exact) mass is 215 g/mol. The Bertz CT molecular complexity index is 258. The van der Waals surface area contributed by atoms with Crippen molar-refractivity contribution in [1.82, 2.24) is 5.32 Å². The number of alkyl carbamates (subject to hydrolysis) is 1. The van der Waals surface area contributed by atoms with Crippen LogP contribution in [0, 0.1) is 0 Å². The molecule has 5 nitrogen and oxygen atoms in total. The average Bonchev–Trinajstić information content (AvgIpc) is 1.97. The summed E-state index contributed by atoms with van der Waals surface area (Å²) < 4.78 is 4.92. The molecule has 0 spiro atoms. The first kappa shape index (κ1) is 11.8. The third-order valence-corrected chi connectivity index (χ3v) is 2.51. The van der Waals surface area contributed by atoms with Crippen LogP contribution in [0.15, 0.2) is 0 Å². The van der Waals surface area contributed by atoms with Gasteiger partial charge in [-0.1, -0.05) is 0 Å². The first-order chi connectivity index (χ1) is 6.93. The van der Waals surface area contributed by atoms with Crippen molar-refractivity contribution in [1.29, 1.82) is 0 Å². The van der Waals surface area contributed by atoms with Gasteiger partial charge in [-0.25, -0.2) is 4.79 Å². The van der Waals surface area contributed by atoms with Crippen molar-refractivity contribution in [2.75, 3.05) is 0 Å². The predicted molar refractivity (Wildman–Crippen MR) is 53.6 cm³/mol. The number of carbonyl (C=O) groups excluding carboxylic acids is 1. The zero-order valence-corrected chi connectivity index (χ0v) is 9.08. The standard InChI is InChI=1S/C10H17NO4/c1-7(2)15-9(14)11-10(4-3-5-10)6-8(12)13/h7H,3-6H2,1-2H3,(H,11,14)(H,12,13). The molecule has 1 fully saturated rings. The normalized spacial score (nSPS) is 18.1. The first-order valence-corrected chi connectivity index (χ1v) is 5.14. The van der Waals surface area contributed by atoms with Gasteiger partial charge in [0.2, 0.25) is 0 Å². The van der Waals surface area contributed by atoms with Crippen molar-refractivity contribution in [2.24, 2.45) is 0 Å². The van der Waals surface area contributed by atoms with Gasteiger partial charge in [0.1, 0.15) is 0 Å². The Balaban J connectivity index is 2.46. The van der Waals surface area contributed by atoms with E-state index >= 15 is 0 Å². The van der Waals surface area contributed by atoms with E-state index in [9.17, 15) is 9.59 Å². The van der Waals surface area contributed by atoms with Crippen molar-refractivity contribution in [3.63, 3.8) is 0 Å². The molecule has 0 bridgehead atoms. The molecule has 86 valence electrons. The highest BCUT2D eigenvalue weighted by molar-refractivity contribution is 5.73. The highest BCUT2D eigenvalue weighted by Crippen LogP contribution is 2.34. The fraction of sp³-hybridized carbons (Fsp3) is 0.800. The first-order valence-electron chi connectivity index (χ1n) is 5.14. The third-order valence-electron chi connectivity index (χ3n) is 2.51. The summed E-state index contributed by atoms with van der Waals surface area (Å²) in [6, 6.07) is 0. The van der Waals surface area contributed by atoms with Crippen LogP contribution in [0.25, 0.3) is 0 Å². The second-order valence-corrected chi connectivity index (χ2v) is 4.28. The Morgan fingerprint density at radius 1 is 1.47 bits per heavy atom. The predicted octanol–water partition coefficient (Wildman–Crippen LogP) is 1.52. The zero-order valence-electron chi connectivity index (χ0n) is 9.08. The molecular formula is C10H17NO4. The number of hydrogen-bond donors (Lipinski definition) is 2. The molecule has 1 saturated carbocycles. The van der Waals surface area contributed by atoms with Gasteiger partial charge in [-0.3, -0.25) is 4.79 Å². The van der Waals surface area contributed by atoms with Crippen LogP contribution < -0.4 is 5.32 Å². The number of ether oxygens (including phenoxy) is 1. The maximum absolute atomic E-state index is 11.3. The number of hydrogen-bond acceptors (Lipinski definition) is 3. The molecule has 15 heavy (non-hydrogen) atoms. The van der Waals surface area contributed by atoms with Crippen LogP contribution in [0.3, 0.4) is 0 Å². The van der Waals surface area contributed by atoms with E-state index < -0.39 is 17.6 Å². The van der Waals surface area contributed by atoms with Crippen LogP contribution in [-0.2, 0) is 9.53 Å². The van der Waals surface area contributed by atoms with Gasteiger partial charge in [-0.15, -0.1) is 0 Å². The van der Waals surface area contributed by atoms with E-state index in [2.05, 4.69) is 5.32 Å². The Hall–Kier alpha value is -1.26. The lowest BCUT2D eigenvalue weighted by Crippen LogP contribution is -2.55. The molecule has 1 amide bonds. The lowest BCUT2D eigenvalue weighted by atomic mass is 9.74. The SMILES string of the molecule is CC(C)OC(=O)NC1(CC(=O)O)CCC1. The fourth-order valence-electron chi connectivity index (χ4n) is 1.70. The van der Waals surface area contributed by atoms with Gasteiger partial charge in [-0.2, -0.15) is 0 Å². The van der Waals surface area contributed by atoms with Crippen molar-refractivity contribution < 1.29 is 19.4 Å². The number of rotatable bonds is 4. The summed E-state index contributed by atoms with van der Waals surface area (Å²) in [5, 5.41) is 11.4. The second-order valence-electron chi connectivity index (χ2n) is 4.28. The Morgan fingerprint density at radius 3 is 2.40 bits per heavy atom. The van der Waals surface area contributed by atoms with Crippen molar-refractivity contribution in [2.45, 2.75) is 51.2 Å². The number of nitrogens with one attached hydrogen (secondary N) is 1. The fourth-order valence-corrected chi connectivity index (χ4v) is 1.70. The second kappa shape index (κ2) is 4.51. The van der Waals surface area contributed by atoms with Crippen LogP contribution in [0.5, 0.6) is 0 Å². The molecule has 0 aromatic carbocycles. The van der Waals surface area contributed by atoms with Gasteiger partial charge < -0.3 is 15.2 Å².